The third-order valence-electron chi connectivity index (χ3n) is 3.77. The van der Waals surface area contributed by atoms with Crippen LogP contribution < -0.4 is 0 Å². The van der Waals surface area contributed by atoms with Crippen molar-refractivity contribution in [1.29, 1.82) is 0 Å². The lowest BCUT2D eigenvalue weighted by molar-refractivity contribution is -0.384. The van der Waals surface area contributed by atoms with E-state index in [-0.39, 0.29) is 11.1 Å². The first-order chi connectivity index (χ1) is 11.8. The van der Waals surface area contributed by atoms with Crippen molar-refractivity contribution in [3.8, 4) is 0 Å². The predicted molar refractivity (Wildman–Crippen MR) is 95.9 cm³/mol. The summed E-state index contributed by atoms with van der Waals surface area (Å²) in [5.41, 5.74) is 2.94. The Morgan fingerprint density at radius 2 is 1.92 bits per heavy atom. The molecule has 0 fully saturated rings. The van der Waals surface area contributed by atoms with Crippen LogP contribution in [0.4, 0.5) is 17.2 Å². The number of imidazole rings is 1. The van der Waals surface area contributed by atoms with Gasteiger partial charge in [0.15, 0.2) is 5.82 Å². The van der Waals surface area contributed by atoms with Gasteiger partial charge in [-0.2, -0.15) is 0 Å². The summed E-state index contributed by atoms with van der Waals surface area (Å²) in [4.78, 5) is 15.2. The van der Waals surface area contributed by atoms with Crippen LogP contribution in [-0.4, -0.2) is 14.3 Å². The van der Waals surface area contributed by atoms with Crippen LogP contribution in [0, 0.1) is 17.0 Å². The van der Waals surface area contributed by atoms with Gasteiger partial charge in [-0.15, -0.1) is 10.2 Å². The van der Waals surface area contributed by atoms with Crippen molar-refractivity contribution in [2.24, 2.45) is 10.2 Å². The van der Waals surface area contributed by atoms with Crippen molar-refractivity contribution >= 4 is 22.8 Å². The van der Waals surface area contributed by atoms with Crippen LogP contribution in [0.5, 0.6) is 0 Å². The second-order valence-electron chi connectivity index (χ2n) is 6.94. The minimum Gasteiger partial charge on any atom is -0.283 e. The van der Waals surface area contributed by atoms with E-state index in [1.807, 2.05) is 29.7 Å². The highest BCUT2D eigenvalue weighted by atomic mass is 16.6. The molecule has 7 nitrogen and oxygen atoms in total. The van der Waals surface area contributed by atoms with Crippen LogP contribution in [0.2, 0.25) is 0 Å². The number of nitro groups is 1. The van der Waals surface area contributed by atoms with E-state index < -0.39 is 4.92 Å². The SMILES string of the molecule is Cc1ccn2c(N=Nc3cccc([N+](=O)[O-])c3)c(C(C)(C)C)nc2c1. The molecular formula is C18H19N5O2. The number of aryl methyl sites for hydroxylation is 1. The zero-order chi connectivity index (χ0) is 18.2. The number of azo groups is 1. The lowest BCUT2D eigenvalue weighted by Gasteiger charge is -2.15. The molecule has 0 radical (unpaired) electrons. The van der Waals surface area contributed by atoms with Crippen molar-refractivity contribution in [2.45, 2.75) is 33.1 Å². The molecule has 3 aromatic rings. The molecule has 0 saturated heterocycles. The Morgan fingerprint density at radius 1 is 1.16 bits per heavy atom. The molecule has 0 atom stereocenters. The number of aromatic nitrogens is 2. The highest BCUT2D eigenvalue weighted by molar-refractivity contribution is 5.55. The molecule has 1 aromatic carbocycles. The summed E-state index contributed by atoms with van der Waals surface area (Å²) in [5.74, 6) is 0.633. The van der Waals surface area contributed by atoms with E-state index in [1.54, 1.807) is 12.1 Å². The highest BCUT2D eigenvalue weighted by Gasteiger charge is 2.24. The van der Waals surface area contributed by atoms with Crippen LogP contribution >= 0.6 is 0 Å². The molecule has 0 saturated carbocycles. The molecule has 0 bridgehead atoms. The molecule has 3 rings (SSSR count). The second-order valence-corrected chi connectivity index (χ2v) is 6.94. The molecule has 0 unspecified atom stereocenters. The molecule has 0 aliphatic carbocycles. The molecule has 2 aromatic heterocycles. The van der Waals surface area contributed by atoms with E-state index in [1.165, 1.54) is 12.1 Å². The number of benzene rings is 1. The van der Waals surface area contributed by atoms with Gasteiger partial charge in [0.25, 0.3) is 5.69 Å². The van der Waals surface area contributed by atoms with E-state index in [0.717, 1.165) is 16.9 Å². The van der Waals surface area contributed by atoms with Crippen LogP contribution in [0.1, 0.15) is 32.0 Å². The Hall–Kier alpha value is -3.09. The highest BCUT2D eigenvalue weighted by Crippen LogP contribution is 2.33. The van der Waals surface area contributed by atoms with E-state index in [2.05, 4.69) is 31.0 Å². The van der Waals surface area contributed by atoms with Crippen molar-refractivity contribution in [3.63, 3.8) is 0 Å². The summed E-state index contributed by atoms with van der Waals surface area (Å²) < 4.78 is 1.88. The average Bonchev–Trinajstić information content (AvgIpc) is 2.91. The van der Waals surface area contributed by atoms with Crippen LogP contribution in [-0.2, 0) is 5.41 Å². The fourth-order valence-corrected chi connectivity index (χ4v) is 2.51. The lowest BCUT2D eigenvalue weighted by Crippen LogP contribution is -2.11. The Balaban J connectivity index is 2.11. The van der Waals surface area contributed by atoms with Crippen molar-refractivity contribution in [3.05, 3.63) is 64.0 Å². The molecule has 0 amide bonds. The first-order valence-corrected chi connectivity index (χ1v) is 7.91. The summed E-state index contributed by atoms with van der Waals surface area (Å²) in [6.07, 6.45) is 1.91. The Bertz CT molecular complexity index is 983. The number of non-ortho nitro benzene ring substituents is 1. The Labute approximate surface area is 145 Å². The van der Waals surface area contributed by atoms with Gasteiger partial charge in [0, 0.05) is 23.7 Å². The number of hydrogen-bond donors (Lipinski definition) is 0. The van der Waals surface area contributed by atoms with E-state index >= 15 is 0 Å². The summed E-state index contributed by atoms with van der Waals surface area (Å²) in [6, 6.07) is 10.1. The summed E-state index contributed by atoms with van der Waals surface area (Å²) in [5, 5.41) is 19.5. The quantitative estimate of drug-likeness (QED) is 0.371. The average molecular weight is 337 g/mol. The largest absolute Gasteiger partial charge is 0.283 e. The second kappa shape index (κ2) is 6.08. The van der Waals surface area contributed by atoms with Gasteiger partial charge in [0.2, 0.25) is 0 Å². The van der Waals surface area contributed by atoms with Gasteiger partial charge in [-0.3, -0.25) is 14.5 Å². The first-order valence-electron chi connectivity index (χ1n) is 7.91. The van der Waals surface area contributed by atoms with Crippen molar-refractivity contribution in [2.75, 3.05) is 0 Å². The zero-order valence-electron chi connectivity index (χ0n) is 14.6. The minimum atomic E-state index is -0.448. The van der Waals surface area contributed by atoms with Crippen molar-refractivity contribution < 1.29 is 4.92 Å². The number of pyridine rings is 1. The van der Waals surface area contributed by atoms with Crippen LogP contribution in [0.25, 0.3) is 5.65 Å². The third-order valence-corrected chi connectivity index (χ3v) is 3.77. The normalized spacial score (nSPS) is 12.2. The van der Waals surface area contributed by atoms with Gasteiger partial charge in [0.05, 0.1) is 16.3 Å². The Kier molecular flexibility index (Phi) is 4.08. The molecule has 0 aliphatic heterocycles. The van der Waals surface area contributed by atoms with Crippen molar-refractivity contribution in [1.82, 2.24) is 9.38 Å². The van der Waals surface area contributed by atoms with Gasteiger partial charge in [0.1, 0.15) is 5.65 Å². The number of nitro benzene ring substituents is 1. The number of fused-ring (bicyclic) bond motifs is 1. The maximum atomic E-state index is 10.9. The third kappa shape index (κ3) is 3.40. The topological polar surface area (TPSA) is 85.2 Å². The molecule has 7 heteroatoms. The predicted octanol–water partition coefficient (Wildman–Crippen LogP) is 5.26. The van der Waals surface area contributed by atoms with Crippen LogP contribution in [0.3, 0.4) is 0 Å². The van der Waals surface area contributed by atoms with Gasteiger partial charge in [-0.05, 0) is 30.7 Å². The van der Waals surface area contributed by atoms with Gasteiger partial charge >= 0.3 is 0 Å². The van der Waals surface area contributed by atoms with Gasteiger partial charge in [-0.25, -0.2) is 4.98 Å². The lowest BCUT2D eigenvalue weighted by atomic mass is 9.92. The minimum absolute atomic E-state index is 0.0127. The van der Waals surface area contributed by atoms with Gasteiger partial charge in [-0.1, -0.05) is 26.8 Å². The smallest absolute Gasteiger partial charge is 0.271 e. The van der Waals surface area contributed by atoms with E-state index in [9.17, 15) is 10.1 Å². The molecule has 2 heterocycles. The molecule has 0 aliphatic rings. The van der Waals surface area contributed by atoms with E-state index in [4.69, 9.17) is 4.98 Å². The maximum absolute atomic E-state index is 10.9. The fraction of sp³-hybridized carbons (Fsp3) is 0.278. The summed E-state index contributed by atoms with van der Waals surface area (Å²) in [7, 11) is 0. The Morgan fingerprint density at radius 3 is 2.60 bits per heavy atom. The zero-order valence-corrected chi connectivity index (χ0v) is 14.6. The number of rotatable bonds is 3. The number of hydrogen-bond acceptors (Lipinski definition) is 5. The van der Waals surface area contributed by atoms with Gasteiger partial charge < -0.3 is 0 Å². The molecule has 0 spiro atoms. The standard InChI is InChI=1S/C18H19N5O2/c1-12-8-9-22-15(10-12)19-16(18(2,3)4)17(22)21-20-13-6-5-7-14(11-13)23(24)25/h5-11H,1-4H3. The molecule has 0 N–H and O–H groups in total. The van der Waals surface area contributed by atoms with E-state index in [0.29, 0.717) is 11.5 Å². The first kappa shape index (κ1) is 16.8. The maximum Gasteiger partial charge on any atom is 0.271 e. The molecule has 128 valence electrons. The molecular weight excluding hydrogens is 318 g/mol. The number of nitrogens with zero attached hydrogens (tertiary/aromatic N) is 5. The summed E-state index contributed by atoms with van der Waals surface area (Å²) >= 11 is 0. The summed E-state index contributed by atoms with van der Waals surface area (Å²) in [6.45, 7) is 8.20. The fourth-order valence-electron chi connectivity index (χ4n) is 2.51. The molecule has 25 heavy (non-hydrogen) atoms. The monoisotopic (exact) mass is 337 g/mol. The van der Waals surface area contributed by atoms with Crippen LogP contribution in [0.15, 0.2) is 52.8 Å².